The maximum Gasteiger partial charge on any atom is 0.261 e. The van der Waals surface area contributed by atoms with Crippen molar-refractivity contribution in [3.05, 3.63) is 23.8 Å². The van der Waals surface area contributed by atoms with Gasteiger partial charge >= 0.3 is 0 Å². The van der Waals surface area contributed by atoms with Crippen LogP contribution in [0, 0.1) is 12.8 Å². The second-order valence-corrected chi connectivity index (χ2v) is 7.01. The van der Waals surface area contributed by atoms with Crippen molar-refractivity contribution in [2.24, 2.45) is 5.92 Å². The van der Waals surface area contributed by atoms with E-state index in [1.54, 1.807) is 6.07 Å². The number of halogens is 1. The summed E-state index contributed by atoms with van der Waals surface area (Å²) in [6.07, 6.45) is 3.70. The Morgan fingerprint density at radius 3 is 2.65 bits per heavy atom. The molecule has 0 N–H and O–H groups in total. The number of aryl methyl sites for hydroxylation is 1. The highest BCUT2D eigenvalue weighted by Gasteiger charge is 2.20. The van der Waals surface area contributed by atoms with Gasteiger partial charge in [0.25, 0.3) is 9.05 Å². The number of ether oxygens (including phenoxy) is 1. The average molecular weight is 275 g/mol. The van der Waals surface area contributed by atoms with Crippen LogP contribution in [-0.2, 0) is 9.05 Å². The minimum absolute atomic E-state index is 0.117. The summed E-state index contributed by atoms with van der Waals surface area (Å²) in [6.45, 7) is 2.51. The van der Waals surface area contributed by atoms with Gasteiger partial charge in [0.15, 0.2) is 0 Å². The third-order valence-electron chi connectivity index (χ3n) is 2.91. The van der Waals surface area contributed by atoms with E-state index in [-0.39, 0.29) is 4.90 Å². The van der Waals surface area contributed by atoms with Crippen molar-refractivity contribution in [3.8, 4) is 5.75 Å². The van der Waals surface area contributed by atoms with Crippen LogP contribution in [0.2, 0.25) is 0 Å². The highest BCUT2D eigenvalue weighted by atomic mass is 35.7. The van der Waals surface area contributed by atoms with Crippen molar-refractivity contribution < 1.29 is 13.2 Å². The number of hydrogen-bond acceptors (Lipinski definition) is 3. The van der Waals surface area contributed by atoms with E-state index >= 15 is 0 Å². The van der Waals surface area contributed by atoms with Gasteiger partial charge in [-0.1, -0.05) is 12.8 Å². The van der Waals surface area contributed by atoms with Crippen molar-refractivity contribution in [3.63, 3.8) is 0 Å². The summed E-state index contributed by atoms with van der Waals surface area (Å²) in [6, 6.07) is 4.67. The van der Waals surface area contributed by atoms with Gasteiger partial charge in [-0.3, -0.25) is 0 Å². The van der Waals surface area contributed by atoms with Gasteiger partial charge in [-0.05, 0) is 43.0 Å². The van der Waals surface area contributed by atoms with Gasteiger partial charge in [0, 0.05) is 10.7 Å². The normalized spacial score (nSPS) is 15.9. The molecule has 0 spiro atoms. The maximum atomic E-state index is 11.1. The zero-order chi connectivity index (χ0) is 12.5. The first-order valence-corrected chi connectivity index (χ1v) is 7.96. The first-order valence-electron chi connectivity index (χ1n) is 5.65. The number of hydrogen-bond donors (Lipinski definition) is 0. The van der Waals surface area contributed by atoms with E-state index in [9.17, 15) is 8.42 Å². The summed E-state index contributed by atoms with van der Waals surface area (Å²) in [4.78, 5) is 0.117. The molecular formula is C12H15ClO3S. The number of rotatable bonds is 5. The first-order chi connectivity index (χ1) is 7.97. The van der Waals surface area contributed by atoms with E-state index in [0.29, 0.717) is 6.61 Å². The molecule has 17 heavy (non-hydrogen) atoms. The lowest BCUT2D eigenvalue weighted by Gasteiger charge is -2.09. The second-order valence-electron chi connectivity index (χ2n) is 4.45. The standard InChI is InChI=1S/C12H15ClO3S/c1-9-8-11(17(13,14)15)4-5-12(9)16-7-6-10-2-3-10/h4-5,8,10H,2-3,6-7H2,1H3. The summed E-state index contributed by atoms with van der Waals surface area (Å²) in [5.74, 6) is 1.56. The predicted molar refractivity (Wildman–Crippen MR) is 67.1 cm³/mol. The van der Waals surface area contributed by atoms with Gasteiger partial charge in [-0.15, -0.1) is 0 Å². The fourth-order valence-corrected chi connectivity index (χ4v) is 2.51. The zero-order valence-corrected chi connectivity index (χ0v) is 11.2. The fraction of sp³-hybridized carbons (Fsp3) is 0.500. The van der Waals surface area contributed by atoms with Gasteiger partial charge in [0.1, 0.15) is 5.75 Å². The molecule has 0 heterocycles. The van der Waals surface area contributed by atoms with Crippen LogP contribution in [0.4, 0.5) is 0 Å². The molecule has 1 aliphatic rings. The molecule has 1 aliphatic carbocycles. The van der Waals surface area contributed by atoms with Crippen LogP contribution in [0.5, 0.6) is 5.75 Å². The Bertz CT molecular complexity index is 506. The molecule has 0 bridgehead atoms. The van der Waals surface area contributed by atoms with Gasteiger partial charge in [0.05, 0.1) is 11.5 Å². The topological polar surface area (TPSA) is 43.4 Å². The van der Waals surface area contributed by atoms with Gasteiger partial charge in [0.2, 0.25) is 0 Å². The van der Waals surface area contributed by atoms with Crippen molar-refractivity contribution in [1.82, 2.24) is 0 Å². The highest BCUT2D eigenvalue weighted by Crippen LogP contribution is 2.32. The Morgan fingerprint density at radius 2 is 2.12 bits per heavy atom. The van der Waals surface area contributed by atoms with E-state index in [2.05, 4.69) is 0 Å². The minimum atomic E-state index is -3.65. The minimum Gasteiger partial charge on any atom is -0.493 e. The van der Waals surface area contributed by atoms with Crippen LogP contribution in [-0.4, -0.2) is 15.0 Å². The molecule has 0 radical (unpaired) electrons. The lowest BCUT2D eigenvalue weighted by atomic mass is 10.2. The van der Waals surface area contributed by atoms with E-state index in [4.69, 9.17) is 15.4 Å². The molecule has 1 fully saturated rings. The molecular weight excluding hydrogens is 260 g/mol. The Kier molecular flexibility index (Phi) is 3.64. The number of benzene rings is 1. The van der Waals surface area contributed by atoms with E-state index < -0.39 is 9.05 Å². The largest absolute Gasteiger partial charge is 0.493 e. The third-order valence-corrected chi connectivity index (χ3v) is 4.26. The summed E-state index contributed by atoms with van der Waals surface area (Å²) in [5, 5.41) is 0. The summed E-state index contributed by atoms with van der Waals surface area (Å²) < 4.78 is 27.9. The molecule has 1 aromatic rings. The third kappa shape index (κ3) is 3.61. The van der Waals surface area contributed by atoms with E-state index in [1.807, 2.05) is 6.92 Å². The van der Waals surface area contributed by atoms with Crippen LogP contribution in [0.25, 0.3) is 0 Å². The maximum absolute atomic E-state index is 11.1. The molecule has 0 amide bonds. The SMILES string of the molecule is Cc1cc(S(=O)(=O)Cl)ccc1OCCC1CC1. The quantitative estimate of drug-likeness (QED) is 0.775. The van der Waals surface area contributed by atoms with Crippen LogP contribution in [0.1, 0.15) is 24.8 Å². The molecule has 1 saturated carbocycles. The van der Waals surface area contributed by atoms with Crippen molar-refractivity contribution in [2.75, 3.05) is 6.61 Å². The molecule has 1 aromatic carbocycles. The molecule has 3 nitrogen and oxygen atoms in total. The zero-order valence-electron chi connectivity index (χ0n) is 9.65. The molecule has 0 aromatic heterocycles. The molecule has 5 heteroatoms. The molecule has 0 aliphatic heterocycles. The Balaban J connectivity index is 2.02. The van der Waals surface area contributed by atoms with Crippen molar-refractivity contribution >= 4 is 19.7 Å². The van der Waals surface area contributed by atoms with Gasteiger partial charge < -0.3 is 4.74 Å². The monoisotopic (exact) mass is 274 g/mol. The van der Waals surface area contributed by atoms with Gasteiger partial charge in [-0.2, -0.15) is 0 Å². The Labute approximate surface area is 106 Å². The smallest absolute Gasteiger partial charge is 0.261 e. The summed E-state index contributed by atoms with van der Waals surface area (Å²) >= 11 is 0. The van der Waals surface area contributed by atoms with Crippen molar-refractivity contribution in [2.45, 2.75) is 31.1 Å². The second kappa shape index (κ2) is 4.86. The lowest BCUT2D eigenvalue weighted by molar-refractivity contribution is 0.300. The molecule has 0 unspecified atom stereocenters. The van der Waals surface area contributed by atoms with Crippen LogP contribution in [0.15, 0.2) is 23.1 Å². The molecule has 0 atom stereocenters. The van der Waals surface area contributed by atoms with Crippen LogP contribution in [0.3, 0.4) is 0 Å². The Morgan fingerprint density at radius 1 is 1.41 bits per heavy atom. The first kappa shape index (κ1) is 12.7. The van der Waals surface area contributed by atoms with Crippen molar-refractivity contribution in [1.29, 1.82) is 0 Å². The summed E-state index contributed by atoms with van der Waals surface area (Å²) in [5.41, 5.74) is 0.794. The van der Waals surface area contributed by atoms with E-state index in [1.165, 1.54) is 25.0 Å². The lowest BCUT2D eigenvalue weighted by Crippen LogP contribution is -2.00. The molecule has 0 saturated heterocycles. The average Bonchev–Trinajstić information content (AvgIpc) is 3.02. The molecule has 2 rings (SSSR count). The summed E-state index contributed by atoms with van der Waals surface area (Å²) in [7, 11) is 1.62. The molecule has 94 valence electrons. The fourth-order valence-electron chi connectivity index (χ4n) is 1.68. The Hall–Kier alpha value is -0.740. The van der Waals surface area contributed by atoms with Crippen LogP contribution >= 0.6 is 10.7 Å². The highest BCUT2D eigenvalue weighted by molar-refractivity contribution is 8.13. The van der Waals surface area contributed by atoms with E-state index in [0.717, 1.165) is 23.7 Å². The predicted octanol–water partition coefficient (Wildman–Crippen LogP) is 3.10. The van der Waals surface area contributed by atoms with Gasteiger partial charge in [-0.25, -0.2) is 8.42 Å². The van der Waals surface area contributed by atoms with Crippen LogP contribution < -0.4 is 4.74 Å².